The molecule has 2 aromatic carbocycles. The maximum absolute atomic E-state index is 12.3. The number of nitrogens with zero attached hydrogens (tertiary/aromatic N) is 3. The van der Waals surface area contributed by atoms with Gasteiger partial charge in [-0.05, 0) is 50.2 Å². The largest absolute Gasteiger partial charge is 0.483 e. The van der Waals surface area contributed by atoms with Crippen LogP contribution in [0.5, 0.6) is 5.75 Å². The molecular formula is C23H26N4O3. The van der Waals surface area contributed by atoms with Crippen LogP contribution in [0.15, 0.2) is 59.0 Å². The fourth-order valence-electron chi connectivity index (χ4n) is 3.77. The van der Waals surface area contributed by atoms with Crippen LogP contribution in [0.1, 0.15) is 19.8 Å². The summed E-state index contributed by atoms with van der Waals surface area (Å²) in [6.07, 6.45) is 2.31. The van der Waals surface area contributed by atoms with E-state index in [0.29, 0.717) is 35.7 Å². The lowest BCUT2D eigenvalue weighted by molar-refractivity contribution is -0.123. The molecule has 1 N–H and O–H groups in total. The van der Waals surface area contributed by atoms with Crippen molar-refractivity contribution in [2.45, 2.75) is 25.8 Å². The number of nitrogens with one attached hydrogen (secondary N) is 1. The van der Waals surface area contributed by atoms with E-state index in [2.05, 4.69) is 27.3 Å². The standard InChI is InChI=1S/C23H26N4O3/c1-2-27-14-8-11-18(27)15-24-21(28)16-29-20-13-7-6-12-19(20)23-26-25-22(30-23)17-9-4-3-5-10-17/h3-7,9-10,12-13,18H,2,8,11,14-16H2,1H3,(H,24,28). The Morgan fingerprint density at radius 3 is 2.73 bits per heavy atom. The number of para-hydroxylation sites is 1. The van der Waals surface area contributed by atoms with E-state index < -0.39 is 0 Å². The van der Waals surface area contributed by atoms with Crippen LogP contribution in [0.2, 0.25) is 0 Å². The van der Waals surface area contributed by atoms with Crippen molar-refractivity contribution in [2.24, 2.45) is 0 Å². The summed E-state index contributed by atoms with van der Waals surface area (Å²) in [5.41, 5.74) is 1.51. The first-order valence-corrected chi connectivity index (χ1v) is 10.4. The fraction of sp³-hybridized carbons (Fsp3) is 0.348. The predicted octanol–water partition coefficient (Wildman–Crippen LogP) is 3.38. The molecule has 1 aliphatic rings. The van der Waals surface area contributed by atoms with E-state index in [9.17, 15) is 4.79 Å². The summed E-state index contributed by atoms with van der Waals surface area (Å²) in [6, 6.07) is 17.4. The molecule has 1 saturated heterocycles. The van der Waals surface area contributed by atoms with Crippen molar-refractivity contribution in [3.8, 4) is 28.7 Å². The molecule has 3 aromatic rings. The SMILES string of the molecule is CCN1CCCC1CNC(=O)COc1ccccc1-c1nnc(-c2ccccc2)o1. The Morgan fingerprint density at radius 2 is 1.90 bits per heavy atom. The van der Waals surface area contributed by atoms with E-state index in [-0.39, 0.29) is 12.5 Å². The minimum absolute atomic E-state index is 0.0600. The Kier molecular flexibility index (Phi) is 6.39. The Labute approximate surface area is 176 Å². The van der Waals surface area contributed by atoms with Gasteiger partial charge in [-0.3, -0.25) is 9.69 Å². The monoisotopic (exact) mass is 406 g/mol. The van der Waals surface area contributed by atoms with Crippen molar-refractivity contribution in [1.29, 1.82) is 0 Å². The Hall–Kier alpha value is -3.19. The van der Waals surface area contributed by atoms with Crippen molar-refractivity contribution >= 4 is 5.91 Å². The Balaban J connectivity index is 1.38. The summed E-state index contributed by atoms with van der Waals surface area (Å²) >= 11 is 0. The molecule has 2 heterocycles. The van der Waals surface area contributed by atoms with E-state index in [1.54, 1.807) is 6.07 Å². The molecule has 1 aromatic heterocycles. The highest BCUT2D eigenvalue weighted by molar-refractivity contribution is 5.78. The molecule has 1 atom stereocenters. The van der Waals surface area contributed by atoms with Gasteiger partial charge in [0.25, 0.3) is 11.8 Å². The molecule has 1 amide bonds. The first-order valence-electron chi connectivity index (χ1n) is 10.4. The smallest absolute Gasteiger partial charge is 0.257 e. The van der Waals surface area contributed by atoms with Crippen LogP contribution in [-0.4, -0.2) is 53.3 Å². The molecule has 0 saturated carbocycles. The summed E-state index contributed by atoms with van der Waals surface area (Å²) in [6.45, 7) is 4.87. The number of carbonyl (C=O) groups excluding carboxylic acids is 1. The molecular weight excluding hydrogens is 380 g/mol. The van der Waals surface area contributed by atoms with E-state index >= 15 is 0 Å². The average molecular weight is 406 g/mol. The number of likely N-dealkylation sites (N-methyl/N-ethyl adjacent to an activating group) is 1. The minimum Gasteiger partial charge on any atom is -0.483 e. The third kappa shape index (κ3) is 4.68. The van der Waals surface area contributed by atoms with E-state index in [0.717, 1.165) is 25.1 Å². The van der Waals surface area contributed by atoms with Gasteiger partial charge >= 0.3 is 0 Å². The van der Waals surface area contributed by atoms with Crippen LogP contribution in [0.4, 0.5) is 0 Å². The van der Waals surface area contributed by atoms with Gasteiger partial charge in [-0.15, -0.1) is 10.2 Å². The zero-order valence-corrected chi connectivity index (χ0v) is 17.1. The molecule has 0 bridgehead atoms. The highest BCUT2D eigenvalue weighted by atomic mass is 16.5. The molecule has 1 aliphatic heterocycles. The summed E-state index contributed by atoms with van der Waals surface area (Å²) in [7, 11) is 0. The quantitative estimate of drug-likeness (QED) is 0.618. The van der Waals surface area contributed by atoms with Crippen molar-refractivity contribution in [1.82, 2.24) is 20.4 Å². The minimum atomic E-state index is -0.136. The van der Waals surface area contributed by atoms with Crippen LogP contribution < -0.4 is 10.1 Å². The topological polar surface area (TPSA) is 80.5 Å². The van der Waals surface area contributed by atoms with Gasteiger partial charge in [0.2, 0.25) is 5.89 Å². The molecule has 0 spiro atoms. The molecule has 7 heteroatoms. The van der Waals surface area contributed by atoms with Gasteiger partial charge < -0.3 is 14.5 Å². The second kappa shape index (κ2) is 9.54. The summed E-state index contributed by atoms with van der Waals surface area (Å²) in [4.78, 5) is 14.7. The van der Waals surface area contributed by atoms with Crippen LogP contribution in [0, 0.1) is 0 Å². The lowest BCUT2D eigenvalue weighted by Gasteiger charge is -2.22. The number of benzene rings is 2. The summed E-state index contributed by atoms with van der Waals surface area (Å²) < 4.78 is 11.6. The van der Waals surface area contributed by atoms with Crippen molar-refractivity contribution < 1.29 is 13.9 Å². The number of amides is 1. The predicted molar refractivity (Wildman–Crippen MR) is 114 cm³/mol. The van der Waals surface area contributed by atoms with Gasteiger partial charge in [0.05, 0.1) is 5.56 Å². The number of ether oxygens (including phenoxy) is 1. The molecule has 1 unspecified atom stereocenters. The number of likely N-dealkylation sites (tertiary alicyclic amines) is 1. The second-order valence-corrected chi connectivity index (χ2v) is 7.29. The zero-order valence-electron chi connectivity index (χ0n) is 17.1. The van der Waals surface area contributed by atoms with Crippen LogP contribution in [-0.2, 0) is 4.79 Å². The van der Waals surface area contributed by atoms with Gasteiger partial charge in [-0.2, -0.15) is 0 Å². The zero-order chi connectivity index (χ0) is 20.8. The first-order chi connectivity index (χ1) is 14.7. The van der Waals surface area contributed by atoms with Crippen LogP contribution >= 0.6 is 0 Å². The Morgan fingerprint density at radius 1 is 1.13 bits per heavy atom. The summed E-state index contributed by atoms with van der Waals surface area (Å²) in [5, 5.41) is 11.3. The van der Waals surface area contributed by atoms with Crippen molar-refractivity contribution in [2.75, 3.05) is 26.2 Å². The van der Waals surface area contributed by atoms with Gasteiger partial charge in [0, 0.05) is 18.2 Å². The molecule has 1 fully saturated rings. The highest BCUT2D eigenvalue weighted by Gasteiger charge is 2.23. The van der Waals surface area contributed by atoms with Gasteiger partial charge in [0.1, 0.15) is 5.75 Å². The summed E-state index contributed by atoms with van der Waals surface area (Å²) in [5.74, 6) is 1.19. The van der Waals surface area contributed by atoms with E-state index in [1.807, 2.05) is 48.5 Å². The van der Waals surface area contributed by atoms with Gasteiger partial charge in [-0.25, -0.2) is 0 Å². The lowest BCUT2D eigenvalue weighted by Crippen LogP contribution is -2.41. The lowest BCUT2D eigenvalue weighted by atomic mass is 10.2. The third-order valence-electron chi connectivity index (χ3n) is 5.36. The third-order valence-corrected chi connectivity index (χ3v) is 5.36. The Bertz CT molecular complexity index is 973. The number of hydrogen-bond acceptors (Lipinski definition) is 6. The second-order valence-electron chi connectivity index (χ2n) is 7.29. The van der Waals surface area contributed by atoms with Crippen LogP contribution in [0.25, 0.3) is 22.9 Å². The van der Waals surface area contributed by atoms with E-state index in [4.69, 9.17) is 9.15 Å². The molecule has 0 aliphatic carbocycles. The average Bonchev–Trinajstić information content (AvgIpc) is 3.46. The highest BCUT2D eigenvalue weighted by Crippen LogP contribution is 2.30. The number of hydrogen-bond donors (Lipinski definition) is 1. The first kappa shape index (κ1) is 20.1. The van der Waals surface area contributed by atoms with Gasteiger partial charge in [0.15, 0.2) is 6.61 Å². The van der Waals surface area contributed by atoms with Crippen LogP contribution in [0.3, 0.4) is 0 Å². The molecule has 7 nitrogen and oxygen atoms in total. The maximum Gasteiger partial charge on any atom is 0.257 e. The maximum atomic E-state index is 12.3. The van der Waals surface area contributed by atoms with Gasteiger partial charge in [-0.1, -0.05) is 37.3 Å². The normalized spacial score (nSPS) is 16.5. The number of carbonyl (C=O) groups is 1. The van der Waals surface area contributed by atoms with Crippen molar-refractivity contribution in [3.63, 3.8) is 0 Å². The molecule has 156 valence electrons. The fourth-order valence-corrected chi connectivity index (χ4v) is 3.77. The molecule has 0 radical (unpaired) electrons. The molecule has 4 rings (SSSR count). The molecule has 30 heavy (non-hydrogen) atoms. The number of aromatic nitrogens is 2. The van der Waals surface area contributed by atoms with Crippen molar-refractivity contribution in [3.05, 3.63) is 54.6 Å². The van der Waals surface area contributed by atoms with E-state index in [1.165, 1.54) is 6.42 Å². The number of rotatable bonds is 8.